The molecule has 1 aromatic heterocycles. The lowest BCUT2D eigenvalue weighted by atomic mass is 10.1. The van der Waals surface area contributed by atoms with Crippen molar-refractivity contribution in [1.29, 1.82) is 0 Å². The van der Waals surface area contributed by atoms with Gasteiger partial charge in [-0.05, 0) is 32.4 Å². The molecule has 1 aliphatic heterocycles. The summed E-state index contributed by atoms with van der Waals surface area (Å²) in [5.41, 5.74) is 3.54. The summed E-state index contributed by atoms with van der Waals surface area (Å²) in [5, 5.41) is 0.672. The van der Waals surface area contributed by atoms with E-state index in [9.17, 15) is 4.79 Å². The predicted molar refractivity (Wildman–Crippen MR) is 95.8 cm³/mol. The molecule has 3 rings (SSSR count). The van der Waals surface area contributed by atoms with Crippen molar-refractivity contribution in [3.05, 3.63) is 41.7 Å². The van der Waals surface area contributed by atoms with E-state index in [4.69, 9.17) is 4.74 Å². The minimum absolute atomic E-state index is 0.151. The maximum absolute atomic E-state index is 12.6. The number of hydrogen-bond acceptors (Lipinski definition) is 4. The van der Waals surface area contributed by atoms with E-state index in [1.807, 2.05) is 18.0 Å². The molecule has 1 aromatic carbocycles. The fourth-order valence-electron chi connectivity index (χ4n) is 2.89. The number of ether oxygens (including phenoxy) is 1. The maximum atomic E-state index is 12.6. The summed E-state index contributed by atoms with van der Waals surface area (Å²) < 4.78 is 7.38. The fourth-order valence-corrected chi connectivity index (χ4v) is 3.85. The van der Waals surface area contributed by atoms with Crippen LogP contribution < -0.4 is 0 Å². The molecule has 1 atom stereocenters. The van der Waals surface area contributed by atoms with E-state index >= 15 is 0 Å². The first-order valence-electron chi connectivity index (χ1n) is 8.20. The predicted octanol–water partition coefficient (Wildman–Crippen LogP) is 2.83. The number of rotatable bonds is 4. The van der Waals surface area contributed by atoms with Crippen molar-refractivity contribution in [1.82, 2.24) is 14.5 Å². The van der Waals surface area contributed by atoms with Gasteiger partial charge in [-0.15, -0.1) is 0 Å². The maximum Gasteiger partial charge on any atom is 0.236 e. The Bertz CT molecular complexity index is 723. The Labute approximate surface area is 147 Å². The number of hydrogen-bond donors (Lipinski definition) is 0. The Morgan fingerprint density at radius 1 is 1.29 bits per heavy atom. The Morgan fingerprint density at radius 2 is 2.04 bits per heavy atom. The van der Waals surface area contributed by atoms with Gasteiger partial charge in [0.05, 0.1) is 24.2 Å². The number of aryl methyl sites for hydroxylation is 2. The molecule has 24 heavy (non-hydrogen) atoms. The second kappa shape index (κ2) is 7.40. The van der Waals surface area contributed by atoms with E-state index in [1.165, 1.54) is 22.9 Å². The van der Waals surface area contributed by atoms with Crippen molar-refractivity contribution in [3.8, 4) is 5.69 Å². The average Bonchev–Trinajstić information content (AvgIpc) is 3.03. The SMILES string of the molecule is Cc1ccc(-n2ccnc2S[C@H](C)C(=O)N2CCOCC2)c(C)c1. The molecule has 1 amide bonds. The molecule has 1 fully saturated rings. The highest BCUT2D eigenvalue weighted by molar-refractivity contribution is 8.00. The molecule has 0 radical (unpaired) electrons. The molecule has 0 unspecified atom stereocenters. The summed E-state index contributed by atoms with van der Waals surface area (Å²) >= 11 is 1.51. The summed E-state index contributed by atoms with van der Waals surface area (Å²) in [7, 11) is 0. The third-order valence-electron chi connectivity index (χ3n) is 4.17. The molecule has 0 spiro atoms. The second-order valence-electron chi connectivity index (χ2n) is 6.07. The molecule has 128 valence electrons. The van der Waals surface area contributed by atoms with E-state index in [0.29, 0.717) is 26.3 Å². The van der Waals surface area contributed by atoms with Crippen LogP contribution in [0.25, 0.3) is 5.69 Å². The zero-order valence-corrected chi connectivity index (χ0v) is 15.2. The van der Waals surface area contributed by atoms with Crippen molar-refractivity contribution in [3.63, 3.8) is 0 Å². The minimum Gasteiger partial charge on any atom is -0.378 e. The van der Waals surface area contributed by atoms with Crippen LogP contribution in [-0.2, 0) is 9.53 Å². The molecule has 0 saturated carbocycles. The van der Waals surface area contributed by atoms with Crippen LogP contribution in [0, 0.1) is 13.8 Å². The van der Waals surface area contributed by atoms with Crippen LogP contribution in [-0.4, -0.2) is 51.9 Å². The van der Waals surface area contributed by atoms with Crippen molar-refractivity contribution in [2.24, 2.45) is 0 Å². The first kappa shape index (κ1) is 17.0. The molecule has 5 nitrogen and oxygen atoms in total. The van der Waals surface area contributed by atoms with Crippen molar-refractivity contribution in [2.45, 2.75) is 31.2 Å². The van der Waals surface area contributed by atoms with Crippen LogP contribution in [0.1, 0.15) is 18.1 Å². The van der Waals surface area contributed by atoms with E-state index in [-0.39, 0.29) is 11.2 Å². The van der Waals surface area contributed by atoms with Crippen molar-refractivity contribution >= 4 is 17.7 Å². The van der Waals surface area contributed by atoms with Crippen LogP contribution in [0.3, 0.4) is 0 Å². The third kappa shape index (κ3) is 3.65. The third-order valence-corrected chi connectivity index (χ3v) is 5.24. The summed E-state index contributed by atoms with van der Waals surface area (Å²) in [6, 6.07) is 6.36. The van der Waals surface area contributed by atoms with Gasteiger partial charge < -0.3 is 9.64 Å². The molecule has 2 aromatic rings. The lowest BCUT2D eigenvalue weighted by Gasteiger charge is -2.29. The molecular formula is C18H23N3O2S. The van der Waals surface area contributed by atoms with E-state index in [0.717, 1.165) is 10.8 Å². The highest BCUT2D eigenvalue weighted by atomic mass is 32.2. The lowest BCUT2D eigenvalue weighted by molar-refractivity contribution is -0.134. The number of morpholine rings is 1. The van der Waals surface area contributed by atoms with E-state index in [2.05, 4.69) is 41.6 Å². The van der Waals surface area contributed by atoms with Gasteiger partial charge in [0.2, 0.25) is 5.91 Å². The largest absolute Gasteiger partial charge is 0.378 e. The molecule has 0 bridgehead atoms. The fraction of sp³-hybridized carbons (Fsp3) is 0.444. The van der Waals surface area contributed by atoms with Crippen LogP contribution >= 0.6 is 11.8 Å². The number of imidazole rings is 1. The molecule has 1 aliphatic rings. The van der Waals surface area contributed by atoms with Crippen LogP contribution in [0.2, 0.25) is 0 Å². The van der Waals surface area contributed by atoms with Crippen LogP contribution in [0.4, 0.5) is 0 Å². The molecular weight excluding hydrogens is 322 g/mol. The number of benzene rings is 1. The van der Waals surface area contributed by atoms with Gasteiger partial charge >= 0.3 is 0 Å². The zero-order chi connectivity index (χ0) is 17.1. The highest BCUT2D eigenvalue weighted by Crippen LogP contribution is 2.27. The van der Waals surface area contributed by atoms with Gasteiger partial charge in [-0.3, -0.25) is 9.36 Å². The van der Waals surface area contributed by atoms with Gasteiger partial charge in [0.1, 0.15) is 0 Å². The van der Waals surface area contributed by atoms with Crippen LogP contribution in [0.15, 0.2) is 35.7 Å². The molecule has 6 heteroatoms. The standard InChI is InChI=1S/C18H23N3O2S/c1-13-4-5-16(14(2)12-13)21-7-6-19-18(21)24-15(3)17(22)20-8-10-23-11-9-20/h4-7,12,15H,8-11H2,1-3H3/t15-/m1/s1. The first-order chi connectivity index (χ1) is 11.6. The Morgan fingerprint density at radius 3 is 2.75 bits per heavy atom. The first-order valence-corrected chi connectivity index (χ1v) is 9.08. The number of amides is 1. The molecule has 0 aliphatic carbocycles. The number of aromatic nitrogens is 2. The average molecular weight is 345 g/mol. The lowest BCUT2D eigenvalue weighted by Crippen LogP contribution is -2.44. The van der Waals surface area contributed by atoms with Crippen molar-refractivity contribution in [2.75, 3.05) is 26.3 Å². The zero-order valence-electron chi connectivity index (χ0n) is 14.4. The minimum atomic E-state index is -0.171. The summed E-state index contributed by atoms with van der Waals surface area (Å²) in [6.45, 7) is 8.73. The van der Waals surface area contributed by atoms with Gasteiger partial charge in [0.15, 0.2) is 5.16 Å². The monoisotopic (exact) mass is 345 g/mol. The molecule has 0 N–H and O–H groups in total. The number of thioether (sulfide) groups is 1. The Hall–Kier alpha value is -1.79. The normalized spacial score (nSPS) is 16.2. The second-order valence-corrected chi connectivity index (χ2v) is 7.38. The quantitative estimate of drug-likeness (QED) is 0.800. The van der Waals surface area contributed by atoms with Crippen molar-refractivity contribution < 1.29 is 9.53 Å². The highest BCUT2D eigenvalue weighted by Gasteiger charge is 2.24. The summed E-state index contributed by atoms with van der Waals surface area (Å²) in [4.78, 5) is 18.9. The molecule has 2 heterocycles. The smallest absolute Gasteiger partial charge is 0.236 e. The van der Waals surface area contributed by atoms with Gasteiger partial charge in [-0.2, -0.15) is 0 Å². The topological polar surface area (TPSA) is 47.4 Å². The van der Waals surface area contributed by atoms with Gasteiger partial charge in [-0.1, -0.05) is 29.5 Å². The number of carbonyl (C=O) groups is 1. The molecule has 1 saturated heterocycles. The summed E-state index contributed by atoms with van der Waals surface area (Å²) in [5.74, 6) is 0.151. The van der Waals surface area contributed by atoms with E-state index in [1.54, 1.807) is 6.20 Å². The summed E-state index contributed by atoms with van der Waals surface area (Å²) in [6.07, 6.45) is 3.74. The van der Waals surface area contributed by atoms with Gasteiger partial charge in [-0.25, -0.2) is 4.98 Å². The van der Waals surface area contributed by atoms with Crippen LogP contribution in [0.5, 0.6) is 0 Å². The number of nitrogens with zero attached hydrogens (tertiary/aromatic N) is 3. The van der Waals surface area contributed by atoms with Gasteiger partial charge in [0.25, 0.3) is 0 Å². The Kier molecular flexibility index (Phi) is 5.26. The number of carbonyl (C=O) groups excluding carboxylic acids is 1. The van der Waals surface area contributed by atoms with Gasteiger partial charge in [0, 0.05) is 25.5 Å². The Balaban J connectivity index is 1.76. The van der Waals surface area contributed by atoms with E-state index < -0.39 is 0 Å².